The lowest BCUT2D eigenvalue weighted by molar-refractivity contribution is 0.0631. The van der Waals surface area contributed by atoms with Crippen LogP contribution in [-0.4, -0.2) is 42.3 Å². The summed E-state index contributed by atoms with van der Waals surface area (Å²) in [5, 5.41) is 3.32. The Morgan fingerprint density at radius 1 is 1.12 bits per heavy atom. The van der Waals surface area contributed by atoms with Crippen molar-refractivity contribution >= 4 is 29.0 Å². The molecule has 0 aliphatic carbocycles. The predicted octanol–water partition coefficient (Wildman–Crippen LogP) is 3.55. The Hall–Kier alpha value is -2.44. The Morgan fingerprint density at radius 3 is 2.62 bits per heavy atom. The van der Waals surface area contributed by atoms with Gasteiger partial charge in [-0.05, 0) is 67.5 Å². The molecule has 3 rings (SSSR count). The van der Waals surface area contributed by atoms with Crippen molar-refractivity contribution in [3.8, 4) is 5.75 Å². The molecular weight excluding hydrogens is 348 g/mol. The number of nitrogens with one attached hydrogen (secondary N) is 1. The standard InChI is InChI=1S/C20H22N2O3S/c1-14-6-7-17(12-15(14)2)21-19(23)16-4-3-5-18(13-16)25-20(26)22-8-10-24-11-9-22/h3-7,12-13H,8-11H2,1-2H3,(H,21,23). The zero-order valence-electron chi connectivity index (χ0n) is 15.0. The third-order valence-corrected chi connectivity index (χ3v) is 4.68. The van der Waals surface area contributed by atoms with Crippen LogP contribution in [0.3, 0.4) is 0 Å². The van der Waals surface area contributed by atoms with Gasteiger partial charge in [0.2, 0.25) is 0 Å². The van der Waals surface area contributed by atoms with Crippen molar-refractivity contribution in [3.05, 3.63) is 59.2 Å². The molecular formula is C20H22N2O3S. The Morgan fingerprint density at radius 2 is 1.88 bits per heavy atom. The molecule has 1 heterocycles. The van der Waals surface area contributed by atoms with Crippen LogP contribution in [0.5, 0.6) is 5.75 Å². The molecule has 1 aliphatic rings. The number of carbonyl (C=O) groups excluding carboxylic acids is 1. The van der Waals surface area contributed by atoms with Crippen molar-refractivity contribution in [2.75, 3.05) is 31.6 Å². The largest absolute Gasteiger partial charge is 0.432 e. The van der Waals surface area contributed by atoms with Gasteiger partial charge in [-0.3, -0.25) is 4.79 Å². The molecule has 0 radical (unpaired) electrons. The zero-order valence-corrected chi connectivity index (χ0v) is 15.8. The van der Waals surface area contributed by atoms with E-state index < -0.39 is 0 Å². The third kappa shape index (κ3) is 4.59. The minimum absolute atomic E-state index is 0.184. The Kier molecular flexibility index (Phi) is 5.85. The van der Waals surface area contributed by atoms with E-state index in [-0.39, 0.29) is 5.91 Å². The summed E-state index contributed by atoms with van der Waals surface area (Å²) < 4.78 is 11.1. The van der Waals surface area contributed by atoms with Gasteiger partial charge in [0.1, 0.15) is 5.75 Å². The highest BCUT2D eigenvalue weighted by atomic mass is 32.1. The quantitative estimate of drug-likeness (QED) is 0.838. The molecule has 0 spiro atoms. The molecule has 0 bridgehead atoms. The second-order valence-corrected chi connectivity index (χ2v) is 6.60. The van der Waals surface area contributed by atoms with Crippen LogP contribution < -0.4 is 10.1 Å². The molecule has 6 heteroatoms. The normalized spacial score (nSPS) is 14.0. The number of ether oxygens (including phenoxy) is 2. The summed E-state index contributed by atoms with van der Waals surface area (Å²) in [7, 11) is 0. The Balaban J connectivity index is 1.66. The molecule has 1 N–H and O–H groups in total. The number of rotatable bonds is 3. The second kappa shape index (κ2) is 8.29. The summed E-state index contributed by atoms with van der Waals surface area (Å²) in [5.74, 6) is 0.366. The summed E-state index contributed by atoms with van der Waals surface area (Å²) in [4.78, 5) is 14.5. The van der Waals surface area contributed by atoms with Gasteiger partial charge in [0, 0.05) is 24.3 Å². The van der Waals surface area contributed by atoms with Crippen LogP contribution >= 0.6 is 12.2 Å². The maximum Gasteiger partial charge on any atom is 0.264 e. The van der Waals surface area contributed by atoms with Gasteiger partial charge in [0.25, 0.3) is 11.1 Å². The van der Waals surface area contributed by atoms with Gasteiger partial charge in [0.05, 0.1) is 13.2 Å². The van der Waals surface area contributed by atoms with Gasteiger partial charge < -0.3 is 19.7 Å². The molecule has 0 atom stereocenters. The fourth-order valence-corrected chi connectivity index (χ4v) is 2.91. The Labute approximate surface area is 158 Å². The molecule has 0 saturated carbocycles. The second-order valence-electron chi connectivity index (χ2n) is 6.25. The van der Waals surface area contributed by atoms with Crippen LogP contribution in [0.25, 0.3) is 0 Å². The maximum absolute atomic E-state index is 12.5. The molecule has 1 saturated heterocycles. The van der Waals surface area contributed by atoms with Gasteiger partial charge in [0.15, 0.2) is 0 Å². The van der Waals surface area contributed by atoms with E-state index >= 15 is 0 Å². The molecule has 136 valence electrons. The van der Waals surface area contributed by atoms with Gasteiger partial charge >= 0.3 is 0 Å². The summed E-state index contributed by atoms with van der Waals surface area (Å²) in [6.45, 7) is 6.77. The first-order chi connectivity index (χ1) is 12.5. The van der Waals surface area contributed by atoms with Crippen LogP contribution in [0.1, 0.15) is 21.5 Å². The summed E-state index contributed by atoms with van der Waals surface area (Å²) >= 11 is 5.34. The average Bonchev–Trinajstić information content (AvgIpc) is 2.65. The van der Waals surface area contributed by atoms with E-state index in [4.69, 9.17) is 21.7 Å². The smallest absolute Gasteiger partial charge is 0.264 e. The lowest BCUT2D eigenvalue weighted by Gasteiger charge is -2.28. The van der Waals surface area contributed by atoms with Gasteiger partial charge in [-0.25, -0.2) is 0 Å². The maximum atomic E-state index is 12.5. The van der Waals surface area contributed by atoms with E-state index in [2.05, 4.69) is 5.32 Å². The average molecular weight is 370 g/mol. The van der Waals surface area contributed by atoms with E-state index in [1.807, 2.05) is 36.9 Å². The first-order valence-corrected chi connectivity index (χ1v) is 8.97. The number of thiocarbonyl (C=S) groups is 1. The highest BCUT2D eigenvalue weighted by Gasteiger charge is 2.16. The zero-order chi connectivity index (χ0) is 18.5. The number of carbonyl (C=O) groups is 1. The van der Waals surface area contributed by atoms with Crippen LogP contribution in [-0.2, 0) is 4.74 Å². The fourth-order valence-electron chi connectivity index (χ4n) is 2.63. The number of hydrogen-bond acceptors (Lipinski definition) is 4. The lowest BCUT2D eigenvalue weighted by Crippen LogP contribution is -2.42. The molecule has 2 aromatic carbocycles. The topological polar surface area (TPSA) is 50.8 Å². The minimum Gasteiger partial charge on any atom is -0.432 e. The number of aryl methyl sites for hydroxylation is 2. The molecule has 0 unspecified atom stereocenters. The summed E-state index contributed by atoms with van der Waals surface area (Å²) in [6.07, 6.45) is 0. The first kappa shape index (κ1) is 18.4. The molecule has 1 amide bonds. The van der Waals surface area contributed by atoms with Crippen molar-refractivity contribution in [1.82, 2.24) is 4.90 Å². The first-order valence-electron chi connectivity index (χ1n) is 8.56. The van der Waals surface area contributed by atoms with E-state index in [0.29, 0.717) is 42.8 Å². The molecule has 26 heavy (non-hydrogen) atoms. The number of anilines is 1. The van der Waals surface area contributed by atoms with Crippen LogP contribution in [0.15, 0.2) is 42.5 Å². The van der Waals surface area contributed by atoms with E-state index in [9.17, 15) is 4.79 Å². The van der Waals surface area contributed by atoms with Crippen molar-refractivity contribution in [3.63, 3.8) is 0 Å². The Bertz CT molecular complexity index is 816. The van der Waals surface area contributed by atoms with E-state index in [0.717, 1.165) is 11.3 Å². The lowest BCUT2D eigenvalue weighted by atomic mass is 10.1. The number of amides is 1. The number of nitrogens with zero attached hydrogens (tertiary/aromatic N) is 1. The van der Waals surface area contributed by atoms with Gasteiger partial charge in [-0.1, -0.05) is 12.1 Å². The van der Waals surface area contributed by atoms with E-state index in [1.165, 1.54) is 5.56 Å². The van der Waals surface area contributed by atoms with Crippen LogP contribution in [0.4, 0.5) is 5.69 Å². The van der Waals surface area contributed by atoms with Crippen molar-refractivity contribution in [2.24, 2.45) is 0 Å². The molecule has 0 aromatic heterocycles. The van der Waals surface area contributed by atoms with Crippen molar-refractivity contribution < 1.29 is 14.3 Å². The third-order valence-electron chi connectivity index (χ3n) is 4.34. The number of hydrogen-bond donors (Lipinski definition) is 1. The van der Waals surface area contributed by atoms with Gasteiger partial charge in [-0.15, -0.1) is 0 Å². The minimum atomic E-state index is -0.184. The SMILES string of the molecule is Cc1ccc(NC(=O)c2cccc(OC(=S)N3CCOCC3)c2)cc1C. The highest BCUT2D eigenvalue weighted by molar-refractivity contribution is 7.80. The molecule has 5 nitrogen and oxygen atoms in total. The van der Waals surface area contributed by atoms with Crippen LogP contribution in [0.2, 0.25) is 0 Å². The van der Waals surface area contributed by atoms with E-state index in [1.54, 1.807) is 24.3 Å². The van der Waals surface area contributed by atoms with Crippen molar-refractivity contribution in [1.29, 1.82) is 0 Å². The monoisotopic (exact) mass is 370 g/mol. The predicted molar refractivity (Wildman–Crippen MR) is 106 cm³/mol. The molecule has 1 fully saturated rings. The van der Waals surface area contributed by atoms with Gasteiger partial charge in [-0.2, -0.15) is 0 Å². The fraction of sp³-hybridized carbons (Fsp3) is 0.300. The van der Waals surface area contributed by atoms with Crippen LogP contribution in [0, 0.1) is 13.8 Å². The number of benzene rings is 2. The summed E-state index contributed by atoms with van der Waals surface area (Å²) in [5.41, 5.74) is 3.62. The molecule has 1 aliphatic heterocycles. The number of morpholine rings is 1. The molecule has 2 aromatic rings. The summed E-state index contributed by atoms with van der Waals surface area (Å²) in [6, 6.07) is 12.9. The highest BCUT2D eigenvalue weighted by Crippen LogP contribution is 2.18. The van der Waals surface area contributed by atoms with Crippen molar-refractivity contribution in [2.45, 2.75) is 13.8 Å².